The van der Waals surface area contributed by atoms with E-state index in [9.17, 15) is 4.79 Å². The van der Waals surface area contributed by atoms with Gasteiger partial charge in [0.15, 0.2) is 16.6 Å². The van der Waals surface area contributed by atoms with Crippen LogP contribution in [-0.4, -0.2) is 57.6 Å². The Morgan fingerprint density at radius 3 is 2.19 bits per heavy atom. The van der Waals surface area contributed by atoms with Crippen LogP contribution in [0.25, 0.3) is 0 Å². The van der Waals surface area contributed by atoms with Gasteiger partial charge in [0.1, 0.15) is 18.1 Å². The highest BCUT2D eigenvalue weighted by molar-refractivity contribution is 7.80. The molecule has 0 fully saturated rings. The maximum atomic E-state index is 11.8. The number of ether oxygens (including phenoxy) is 5. The summed E-state index contributed by atoms with van der Waals surface area (Å²) in [5.74, 6) is 2.34. The zero-order valence-corrected chi connectivity index (χ0v) is 22.1. The van der Waals surface area contributed by atoms with Crippen molar-refractivity contribution in [2.24, 2.45) is 0 Å². The Labute approximate surface area is 222 Å². The number of anilines is 1. The Balaban J connectivity index is 1.60. The van der Waals surface area contributed by atoms with Crippen LogP contribution in [-0.2, 0) is 11.2 Å². The van der Waals surface area contributed by atoms with Gasteiger partial charge in [0, 0.05) is 12.2 Å². The van der Waals surface area contributed by atoms with Gasteiger partial charge in [-0.3, -0.25) is 0 Å². The quantitative estimate of drug-likeness (QED) is 0.329. The summed E-state index contributed by atoms with van der Waals surface area (Å²) in [6.45, 7) is 1.02. The van der Waals surface area contributed by atoms with Crippen LogP contribution in [0.1, 0.15) is 27.5 Å². The van der Waals surface area contributed by atoms with E-state index in [1.54, 1.807) is 45.6 Å². The number of carbonyl (C=O) groups is 1. The molecule has 0 unspecified atom stereocenters. The Hall–Kier alpha value is -3.98. The molecule has 4 rings (SSSR count). The second kappa shape index (κ2) is 11.8. The van der Waals surface area contributed by atoms with E-state index in [4.69, 9.17) is 35.9 Å². The lowest BCUT2D eigenvalue weighted by Crippen LogP contribution is -2.44. The first-order valence-corrected chi connectivity index (χ1v) is 12.2. The van der Waals surface area contributed by atoms with Gasteiger partial charge >= 0.3 is 5.97 Å². The van der Waals surface area contributed by atoms with Gasteiger partial charge in [0.2, 0.25) is 0 Å². The molecular weight excluding hydrogens is 492 g/mol. The monoisotopic (exact) mass is 522 g/mol. The fourth-order valence-corrected chi connectivity index (χ4v) is 4.64. The third-order valence-corrected chi connectivity index (χ3v) is 6.62. The Kier molecular flexibility index (Phi) is 8.35. The molecule has 3 aromatic rings. The van der Waals surface area contributed by atoms with Gasteiger partial charge in [-0.1, -0.05) is 0 Å². The molecule has 0 spiro atoms. The minimum atomic E-state index is -0.394. The third kappa shape index (κ3) is 5.89. The van der Waals surface area contributed by atoms with Crippen LogP contribution in [0.2, 0.25) is 0 Å². The van der Waals surface area contributed by atoms with Crippen molar-refractivity contribution in [2.75, 3.05) is 46.9 Å². The summed E-state index contributed by atoms with van der Waals surface area (Å²) in [5, 5.41) is 3.92. The molecule has 0 radical (unpaired) electrons. The SMILES string of the molecule is COC(=O)c1ccc(OC[C@H]2c3cc(OC)c(OC)cc3CCN2C(=S)Nc2ccc(OC)cc2)cc1. The van der Waals surface area contributed by atoms with Crippen LogP contribution in [0, 0.1) is 0 Å². The molecule has 1 N–H and O–H groups in total. The molecule has 37 heavy (non-hydrogen) atoms. The minimum absolute atomic E-state index is 0.193. The second-order valence-electron chi connectivity index (χ2n) is 8.35. The van der Waals surface area contributed by atoms with Gasteiger partial charge in [-0.25, -0.2) is 4.79 Å². The van der Waals surface area contributed by atoms with Gasteiger partial charge in [0.25, 0.3) is 0 Å². The Bertz CT molecular complexity index is 1250. The largest absolute Gasteiger partial charge is 0.497 e. The smallest absolute Gasteiger partial charge is 0.337 e. The van der Waals surface area contributed by atoms with Gasteiger partial charge in [-0.15, -0.1) is 0 Å². The summed E-state index contributed by atoms with van der Waals surface area (Å²) in [5.41, 5.74) is 3.52. The Morgan fingerprint density at radius 2 is 1.57 bits per heavy atom. The number of rotatable bonds is 8. The van der Waals surface area contributed by atoms with E-state index in [0.29, 0.717) is 41.1 Å². The van der Waals surface area contributed by atoms with Crippen LogP contribution < -0.4 is 24.3 Å². The summed E-state index contributed by atoms with van der Waals surface area (Å²) in [7, 11) is 6.24. The van der Waals surface area contributed by atoms with E-state index in [2.05, 4.69) is 10.2 Å². The first-order chi connectivity index (χ1) is 18.0. The maximum Gasteiger partial charge on any atom is 0.337 e. The zero-order chi connectivity index (χ0) is 26.4. The van der Waals surface area contributed by atoms with Crippen molar-refractivity contribution in [2.45, 2.75) is 12.5 Å². The van der Waals surface area contributed by atoms with E-state index in [1.807, 2.05) is 36.4 Å². The number of thiocarbonyl (C=S) groups is 1. The lowest BCUT2D eigenvalue weighted by atomic mass is 9.92. The molecule has 194 valence electrons. The molecule has 0 aromatic heterocycles. The fourth-order valence-electron chi connectivity index (χ4n) is 4.30. The number of carbonyl (C=O) groups excluding carboxylic acids is 1. The van der Waals surface area contributed by atoms with Gasteiger partial charge in [0.05, 0.1) is 40.0 Å². The zero-order valence-electron chi connectivity index (χ0n) is 21.3. The average Bonchev–Trinajstić information content (AvgIpc) is 2.95. The summed E-state index contributed by atoms with van der Waals surface area (Å²) in [6, 6.07) is 18.3. The fraction of sp³-hybridized carbons (Fsp3) is 0.286. The molecule has 0 saturated heterocycles. The van der Waals surface area contributed by atoms with E-state index in [1.165, 1.54) is 7.11 Å². The van der Waals surface area contributed by atoms with Crippen LogP contribution in [0.3, 0.4) is 0 Å². The lowest BCUT2D eigenvalue weighted by Gasteiger charge is -2.39. The second-order valence-corrected chi connectivity index (χ2v) is 8.74. The van der Waals surface area contributed by atoms with E-state index < -0.39 is 5.97 Å². The molecule has 1 heterocycles. The number of nitrogens with one attached hydrogen (secondary N) is 1. The number of fused-ring (bicyclic) bond motifs is 1. The molecule has 3 aromatic carbocycles. The van der Waals surface area contributed by atoms with Crippen molar-refractivity contribution in [3.05, 3.63) is 77.4 Å². The minimum Gasteiger partial charge on any atom is -0.497 e. The van der Waals surface area contributed by atoms with Crippen LogP contribution in [0.5, 0.6) is 23.0 Å². The lowest BCUT2D eigenvalue weighted by molar-refractivity contribution is 0.0600. The van der Waals surface area contributed by atoms with Crippen molar-refractivity contribution >= 4 is 29.0 Å². The predicted molar refractivity (Wildman–Crippen MR) is 145 cm³/mol. The highest BCUT2D eigenvalue weighted by Crippen LogP contribution is 2.38. The van der Waals surface area contributed by atoms with Crippen molar-refractivity contribution < 1.29 is 28.5 Å². The molecule has 1 atom stereocenters. The van der Waals surface area contributed by atoms with Crippen molar-refractivity contribution in [1.29, 1.82) is 0 Å². The number of methoxy groups -OCH3 is 4. The standard InChI is InChI=1S/C28H30N2O6S/c1-32-21-11-7-20(8-12-21)29-28(37)30-14-13-19-15-25(33-2)26(34-3)16-23(19)24(30)17-36-22-9-5-18(6-10-22)27(31)35-4/h5-12,15-16,24H,13-14,17H2,1-4H3,(H,29,37)/t24-/m0/s1. The average molecular weight is 523 g/mol. The van der Waals surface area contributed by atoms with Crippen LogP contribution in [0.15, 0.2) is 60.7 Å². The normalized spacial score (nSPS) is 14.3. The molecule has 1 aliphatic heterocycles. The summed E-state index contributed by atoms with van der Waals surface area (Å²) in [6.07, 6.45) is 0.782. The van der Waals surface area contributed by atoms with Crippen LogP contribution in [0.4, 0.5) is 5.69 Å². The first kappa shape index (κ1) is 26.1. The summed E-state index contributed by atoms with van der Waals surface area (Å²) >= 11 is 5.84. The van der Waals surface area contributed by atoms with Crippen molar-refractivity contribution in [3.63, 3.8) is 0 Å². The van der Waals surface area contributed by atoms with Gasteiger partial charge in [-0.05, 0) is 90.4 Å². The molecule has 1 aliphatic rings. The first-order valence-electron chi connectivity index (χ1n) is 11.7. The number of hydrogen-bond donors (Lipinski definition) is 1. The van der Waals surface area contributed by atoms with E-state index >= 15 is 0 Å². The third-order valence-electron chi connectivity index (χ3n) is 6.29. The summed E-state index contributed by atoms with van der Waals surface area (Å²) < 4.78 is 27.3. The number of benzene rings is 3. The van der Waals surface area contributed by atoms with Gasteiger partial charge < -0.3 is 33.9 Å². The van der Waals surface area contributed by atoms with Crippen molar-refractivity contribution in [1.82, 2.24) is 4.90 Å². The molecule has 0 aliphatic carbocycles. The molecular formula is C28H30N2O6S. The summed E-state index contributed by atoms with van der Waals surface area (Å²) in [4.78, 5) is 13.9. The Morgan fingerprint density at radius 1 is 0.919 bits per heavy atom. The number of hydrogen-bond acceptors (Lipinski definition) is 7. The van der Waals surface area contributed by atoms with Gasteiger partial charge in [-0.2, -0.15) is 0 Å². The molecule has 9 heteroatoms. The number of esters is 1. The highest BCUT2D eigenvalue weighted by Gasteiger charge is 2.31. The molecule has 8 nitrogen and oxygen atoms in total. The predicted octanol–water partition coefficient (Wildman–Crippen LogP) is 4.87. The molecule has 0 saturated carbocycles. The number of nitrogens with zero attached hydrogens (tertiary/aromatic N) is 1. The maximum absolute atomic E-state index is 11.8. The molecule has 0 bridgehead atoms. The molecule has 0 amide bonds. The van der Waals surface area contributed by atoms with E-state index in [0.717, 1.165) is 29.0 Å². The van der Waals surface area contributed by atoms with Crippen molar-refractivity contribution in [3.8, 4) is 23.0 Å². The van der Waals surface area contributed by atoms with Crippen LogP contribution >= 0.6 is 12.2 Å². The topological polar surface area (TPSA) is 78.5 Å². The highest BCUT2D eigenvalue weighted by atomic mass is 32.1. The van der Waals surface area contributed by atoms with E-state index in [-0.39, 0.29) is 6.04 Å².